The van der Waals surface area contributed by atoms with Crippen LogP contribution in [0.4, 0.5) is 0 Å². The Morgan fingerprint density at radius 2 is 1.82 bits per heavy atom. The van der Waals surface area contributed by atoms with Gasteiger partial charge in [0.15, 0.2) is 5.78 Å². The van der Waals surface area contributed by atoms with Gasteiger partial charge in [-0.1, -0.05) is 48.9 Å². The molecule has 2 atom stereocenters. The Kier molecular flexibility index (Phi) is 4.37. The van der Waals surface area contributed by atoms with Crippen molar-refractivity contribution in [3.05, 3.63) is 48.0 Å². The van der Waals surface area contributed by atoms with Crippen LogP contribution in [-0.2, 0) is 4.79 Å². The van der Waals surface area contributed by atoms with Crippen LogP contribution in [0.2, 0.25) is 0 Å². The second kappa shape index (κ2) is 6.43. The van der Waals surface area contributed by atoms with Gasteiger partial charge in [-0.2, -0.15) is 0 Å². The van der Waals surface area contributed by atoms with Crippen LogP contribution in [0.15, 0.2) is 42.5 Å². The number of rotatable bonds is 4. The Morgan fingerprint density at radius 3 is 2.64 bits per heavy atom. The summed E-state index contributed by atoms with van der Waals surface area (Å²) >= 11 is 0. The zero-order valence-electron chi connectivity index (χ0n) is 13.0. The van der Waals surface area contributed by atoms with Crippen molar-refractivity contribution in [2.24, 2.45) is 11.8 Å². The van der Waals surface area contributed by atoms with Gasteiger partial charge < -0.3 is 0 Å². The van der Waals surface area contributed by atoms with Crippen molar-refractivity contribution in [1.29, 1.82) is 0 Å². The minimum Gasteiger partial charge on any atom is -0.300 e. The van der Waals surface area contributed by atoms with Crippen LogP contribution in [0.3, 0.4) is 0 Å². The maximum Gasteiger partial charge on any atom is 0.163 e. The Morgan fingerprint density at radius 1 is 1.05 bits per heavy atom. The summed E-state index contributed by atoms with van der Waals surface area (Å²) in [6.07, 6.45) is 4.58. The summed E-state index contributed by atoms with van der Waals surface area (Å²) in [5, 5.41) is 2.15. The highest BCUT2D eigenvalue weighted by Gasteiger charge is 2.27. The predicted octanol–water partition coefficient (Wildman–Crippen LogP) is 4.81. The highest BCUT2D eigenvalue weighted by molar-refractivity contribution is 6.08. The number of carbonyl (C=O) groups is 2. The smallest absolute Gasteiger partial charge is 0.163 e. The van der Waals surface area contributed by atoms with E-state index in [2.05, 4.69) is 0 Å². The first kappa shape index (κ1) is 15.0. The Labute approximate surface area is 131 Å². The summed E-state index contributed by atoms with van der Waals surface area (Å²) in [6, 6.07) is 13.9. The molecule has 0 aromatic heterocycles. The van der Waals surface area contributed by atoms with Gasteiger partial charge in [-0.05, 0) is 42.9 Å². The molecule has 0 radical (unpaired) electrons. The molecule has 2 unspecified atom stereocenters. The minimum absolute atomic E-state index is 0.166. The number of hydrogen-bond donors (Lipinski definition) is 0. The van der Waals surface area contributed by atoms with Gasteiger partial charge in [-0.3, -0.25) is 9.59 Å². The summed E-state index contributed by atoms with van der Waals surface area (Å²) in [7, 11) is 0. The van der Waals surface area contributed by atoms with Gasteiger partial charge in [0.1, 0.15) is 5.78 Å². The molecule has 22 heavy (non-hydrogen) atoms. The molecule has 2 aromatic carbocycles. The molecule has 1 aliphatic rings. The first-order valence-electron chi connectivity index (χ1n) is 8.16. The average molecular weight is 294 g/mol. The highest BCUT2D eigenvalue weighted by atomic mass is 16.1. The maximum atomic E-state index is 12.7. The molecule has 0 spiro atoms. The molecule has 2 nitrogen and oxygen atoms in total. The lowest BCUT2D eigenvalue weighted by atomic mass is 9.77. The molecular formula is C20H22O2. The van der Waals surface area contributed by atoms with Crippen LogP contribution in [0.25, 0.3) is 10.8 Å². The predicted molar refractivity (Wildman–Crippen MR) is 89.0 cm³/mol. The quantitative estimate of drug-likeness (QED) is 0.758. The molecule has 2 aromatic rings. The van der Waals surface area contributed by atoms with Crippen molar-refractivity contribution in [3.63, 3.8) is 0 Å². The second-order valence-corrected chi connectivity index (χ2v) is 6.49. The fourth-order valence-electron chi connectivity index (χ4n) is 3.69. The minimum atomic E-state index is 0.166. The number of benzene rings is 2. The normalized spacial score (nSPS) is 21.7. The number of hydrogen-bond acceptors (Lipinski definition) is 2. The van der Waals surface area contributed by atoms with E-state index in [1.54, 1.807) is 6.92 Å². The topological polar surface area (TPSA) is 34.1 Å². The fraction of sp³-hybridized carbons (Fsp3) is 0.400. The lowest BCUT2D eigenvalue weighted by Gasteiger charge is -2.27. The van der Waals surface area contributed by atoms with Crippen molar-refractivity contribution in [2.45, 2.75) is 39.0 Å². The van der Waals surface area contributed by atoms with E-state index < -0.39 is 0 Å². The largest absolute Gasteiger partial charge is 0.300 e. The maximum absolute atomic E-state index is 12.7. The molecule has 0 bridgehead atoms. The van der Waals surface area contributed by atoms with Crippen LogP contribution in [-0.4, -0.2) is 11.6 Å². The molecule has 2 heteroatoms. The molecule has 0 heterocycles. The van der Waals surface area contributed by atoms with Gasteiger partial charge in [0.05, 0.1) is 0 Å². The van der Waals surface area contributed by atoms with E-state index in [1.165, 1.54) is 0 Å². The first-order valence-corrected chi connectivity index (χ1v) is 8.16. The summed E-state index contributed by atoms with van der Waals surface area (Å²) in [5.74, 6) is 1.02. The van der Waals surface area contributed by atoms with Gasteiger partial charge in [0, 0.05) is 17.9 Å². The summed E-state index contributed by atoms with van der Waals surface area (Å²) < 4.78 is 0. The molecule has 0 amide bonds. The van der Waals surface area contributed by atoms with E-state index in [-0.39, 0.29) is 17.5 Å². The Hall–Kier alpha value is -1.96. The lowest BCUT2D eigenvalue weighted by Crippen LogP contribution is -2.23. The number of ketones is 2. The van der Waals surface area contributed by atoms with E-state index >= 15 is 0 Å². The van der Waals surface area contributed by atoms with E-state index in [0.29, 0.717) is 12.3 Å². The van der Waals surface area contributed by atoms with Crippen LogP contribution < -0.4 is 0 Å². The SMILES string of the molecule is CC(=O)C1CCCC(CC(=O)c2cccc3ccccc23)C1. The van der Waals surface area contributed by atoms with Crippen LogP contribution >= 0.6 is 0 Å². The third-order valence-corrected chi connectivity index (χ3v) is 4.92. The van der Waals surface area contributed by atoms with Gasteiger partial charge in [0.2, 0.25) is 0 Å². The lowest BCUT2D eigenvalue weighted by molar-refractivity contribution is -0.122. The number of carbonyl (C=O) groups excluding carboxylic acids is 2. The van der Waals surface area contributed by atoms with Gasteiger partial charge in [-0.15, -0.1) is 0 Å². The van der Waals surface area contributed by atoms with Crippen LogP contribution in [0, 0.1) is 11.8 Å². The van der Waals surface area contributed by atoms with Crippen molar-refractivity contribution in [2.75, 3.05) is 0 Å². The molecule has 0 aliphatic heterocycles. The monoisotopic (exact) mass is 294 g/mol. The summed E-state index contributed by atoms with van der Waals surface area (Å²) in [4.78, 5) is 24.3. The molecule has 1 fully saturated rings. The Bertz CT molecular complexity index is 696. The first-order chi connectivity index (χ1) is 10.6. The number of Topliss-reactive ketones (excluding diaryl/α,β-unsaturated/α-hetero) is 2. The fourth-order valence-corrected chi connectivity index (χ4v) is 3.69. The van der Waals surface area contributed by atoms with Crippen molar-refractivity contribution < 1.29 is 9.59 Å². The van der Waals surface area contributed by atoms with Gasteiger partial charge in [-0.25, -0.2) is 0 Å². The standard InChI is InChI=1S/C20H22O2/c1-14(21)17-9-4-6-15(12-17)13-20(22)19-11-5-8-16-7-2-3-10-18(16)19/h2-3,5,7-8,10-11,15,17H,4,6,9,12-13H2,1H3. The second-order valence-electron chi connectivity index (χ2n) is 6.49. The van der Waals surface area contributed by atoms with Crippen LogP contribution in [0.5, 0.6) is 0 Å². The molecule has 3 rings (SSSR count). The zero-order valence-corrected chi connectivity index (χ0v) is 13.0. The van der Waals surface area contributed by atoms with E-state index in [1.807, 2.05) is 42.5 Å². The van der Waals surface area contributed by atoms with Crippen molar-refractivity contribution in [1.82, 2.24) is 0 Å². The third kappa shape index (κ3) is 3.11. The number of fused-ring (bicyclic) bond motifs is 1. The summed E-state index contributed by atoms with van der Waals surface area (Å²) in [6.45, 7) is 1.68. The molecule has 0 N–H and O–H groups in total. The molecular weight excluding hydrogens is 272 g/mol. The van der Waals surface area contributed by atoms with Crippen LogP contribution in [0.1, 0.15) is 49.4 Å². The highest BCUT2D eigenvalue weighted by Crippen LogP contribution is 2.33. The molecule has 114 valence electrons. The van der Waals surface area contributed by atoms with E-state index in [4.69, 9.17) is 0 Å². The zero-order chi connectivity index (χ0) is 15.5. The third-order valence-electron chi connectivity index (χ3n) is 4.92. The molecule has 0 saturated heterocycles. The van der Waals surface area contributed by atoms with E-state index in [0.717, 1.165) is 42.0 Å². The van der Waals surface area contributed by atoms with Gasteiger partial charge >= 0.3 is 0 Å². The molecule has 1 saturated carbocycles. The molecule has 1 aliphatic carbocycles. The summed E-state index contributed by atoms with van der Waals surface area (Å²) in [5.41, 5.74) is 0.822. The van der Waals surface area contributed by atoms with Crippen molar-refractivity contribution >= 4 is 22.3 Å². The van der Waals surface area contributed by atoms with Crippen molar-refractivity contribution in [3.8, 4) is 0 Å². The van der Waals surface area contributed by atoms with Gasteiger partial charge in [0.25, 0.3) is 0 Å². The average Bonchev–Trinajstić information content (AvgIpc) is 2.54. The Balaban J connectivity index is 1.77. The van der Waals surface area contributed by atoms with E-state index in [9.17, 15) is 9.59 Å².